The van der Waals surface area contributed by atoms with Gasteiger partial charge in [-0.3, -0.25) is 0 Å². The maximum Gasteiger partial charge on any atom is 0.185 e. The van der Waals surface area contributed by atoms with Crippen LogP contribution < -0.4 is 0 Å². The third kappa shape index (κ3) is 0.799. The van der Waals surface area contributed by atoms with E-state index in [0.717, 1.165) is 12.8 Å². The molecule has 0 amide bonds. The highest BCUT2D eigenvalue weighted by atomic mass is 16.5. The highest BCUT2D eigenvalue weighted by Crippen LogP contribution is 2.62. The van der Waals surface area contributed by atoms with E-state index in [9.17, 15) is 14.9 Å². The molecule has 0 spiro atoms. The van der Waals surface area contributed by atoms with Gasteiger partial charge in [0.25, 0.3) is 0 Å². The minimum atomic E-state index is -1.34. The maximum absolute atomic E-state index is 11.2. The van der Waals surface area contributed by atoms with Crippen molar-refractivity contribution in [2.24, 2.45) is 16.3 Å². The molecule has 6 heteroatoms. The standard InChI is InChI=1S/C10H14N2O4/c13-8-3-1-2-7(4-8)9(11-14)5-16-6-10(8,9)12-15/h7,13H,1-6H2/t7-,8-,9-,10+/m0/s1. The van der Waals surface area contributed by atoms with Gasteiger partial charge in [0.05, 0.1) is 18.8 Å². The van der Waals surface area contributed by atoms with Crippen LogP contribution in [0.1, 0.15) is 25.7 Å². The minimum Gasteiger partial charge on any atom is -0.387 e. The first-order valence-corrected chi connectivity index (χ1v) is 5.63. The van der Waals surface area contributed by atoms with Crippen molar-refractivity contribution < 1.29 is 9.84 Å². The molecule has 2 saturated carbocycles. The van der Waals surface area contributed by atoms with Crippen molar-refractivity contribution in [1.82, 2.24) is 0 Å². The first kappa shape index (κ1) is 10.3. The normalized spacial score (nSPS) is 54.7. The van der Waals surface area contributed by atoms with E-state index >= 15 is 0 Å². The van der Waals surface area contributed by atoms with Crippen LogP contribution in [0.2, 0.25) is 0 Å². The largest absolute Gasteiger partial charge is 0.387 e. The molecule has 1 aliphatic heterocycles. The van der Waals surface area contributed by atoms with Gasteiger partial charge in [-0.25, -0.2) is 0 Å². The fourth-order valence-corrected chi connectivity index (χ4v) is 3.99. The predicted octanol–water partition coefficient (Wildman–Crippen LogP) is 0.962. The van der Waals surface area contributed by atoms with Gasteiger partial charge in [0, 0.05) is 0 Å². The number of ether oxygens (including phenoxy) is 1. The third-order valence-corrected chi connectivity index (χ3v) is 4.84. The van der Waals surface area contributed by atoms with Gasteiger partial charge in [-0.1, -0.05) is 16.8 Å². The van der Waals surface area contributed by atoms with Crippen molar-refractivity contribution in [3.05, 3.63) is 9.81 Å². The first-order valence-electron chi connectivity index (χ1n) is 5.63. The molecule has 1 saturated heterocycles. The molecule has 88 valence electrons. The summed E-state index contributed by atoms with van der Waals surface area (Å²) >= 11 is 0. The summed E-state index contributed by atoms with van der Waals surface area (Å²) in [7, 11) is 0. The summed E-state index contributed by atoms with van der Waals surface area (Å²) < 4.78 is 5.25. The summed E-state index contributed by atoms with van der Waals surface area (Å²) in [5.74, 6) is -0.0658. The number of aliphatic hydroxyl groups is 1. The Hall–Kier alpha value is -0.880. The molecule has 0 radical (unpaired) electrons. The average molecular weight is 226 g/mol. The maximum atomic E-state index is 11.2. The molecule has 2 bridgehead atoms. The molecule has 4 atom stereocenters. The van der Waals surface area contributed by atoms with E-state index in [0.29, 0.717) is 12.8 Å². The van der Waals surface area contributed by atoms with Crippen LogP contribution in [0.3, 0.4) is 0 Å². The van der Waals surface area contributed by atoms with Crippen LogP contribution in [0.5, 0.6) is 0 Å². The number of rotatable bonds is 2. The van der Waals surface area contributed by atoms with Crippen molar-refractivity contribution in [3.63, 3.8) is 0 Å². The molecule has 0 aromatic rings. The van der Waals surface area contributed by atoms with Crippen molar-refractivity contribution in [1.29, 1.82) is 0 Å². The zero-order valence-electron chi connectivity index (χ0n) is 8.89. The van der Waals surface area contributed by atoms with Crippen molar-refractivity contribution >= 4 is 0 Å². The SMILES string of the molecule is O=N[C@@]12COC[C@]1(N=O)[C@H]1CCC[C@]2(O)C1. The highest BCUT2D eigenvalue weighted by Gasteiger charge is 2.78. The Bertz CT molecular complexity index is 363. The molecule has 1 N–H and O–H groups in total. The fraction of sp³-hybridized carbons (Fsp3) is 1.00. The minimum absolute atomic E-state index is 0.0231. The van der Waals surface area contributed by atoms with Crippen LogP contribution >= 0.6 is 0 Å². The molecule has 16 heavy (non-hydrogen) atoms. The second kappa shape index (κ2) is 2.87. The molecular formula is C10H14N2O4. The van der Waals surface area contributed by atoms with Crippen LogP contribution in [-0.4, -0.2) is 35.0 Å². The van der Waals surface area contributed by atoms with Gasteiger partial charge in [0.2, 0.25) is 0 Å². The van der Waals surface area contributed by atoms with Crippen LogP contribution in [-0.2, 0) is 4.74 Å². The Kier molecular flexibility index (Phi) is 1.84. The summed E-state index contributed by atoms with van der Waals surface area (Å²) in [6.45, 7) is 0.143. The molecule has 3 rings (SSSR count). The van der Waals surface area contributed by atoms with Crippen LogP contribution in [0.25, 0.3) is 0 Å². The lowest BCUT2D eigenvalue weighted by Crippen LogP contribution is -2.59. The Morgan fingerprint density at radius 1 is 1.25 bits per heavy atom. The van der Waals surface area contributed by atoms with Gasteiger partial charge in [-0.2, -0.15) is 4.91 Å². The molecule has 0 unspecified atom stereocenters. The summed E-state index contributed by atoms with van der Waals surface area (Å²) in [6.07, 6.45) is 2.59. The quantitative estimate of drug-likeness (QED) is 0.710. The van der Waals surface area contributed by atoms with E-state index in [1.54, 1.807) is 0 Å². The zero-order chi connectivity index (χ0) is 11.4. The van der Waals surface area contributed by atoms with Crippen LogP contribution in [0.15, 0.2) is 10.4 Å². The molecular weight excluding hydrogens is 212 g/mol. The summed E-state index contributed by atoms with van der Waals surface area (Å²) in [4.78, 5) is 22.5. The topological polar surface area (TPSA) is 88.3 Å². The van der Waals surface area contributed by atoms with Gasteiger partial charge in [0.15, 0.2) is 11.1 Å². The molecule has 1 heterocycles. The van der Waals surface area contributed by atoms with Crippen LogP contribution in [0, 0.1) is 15.7 Å². The number of nitrogens with zero attached hydrogens (tertiary/aromatic N) is 2. The van der Waals surface area contributed by atoms with Gasteiger partial charge in [-0.15, -0.1) is 4.91 Å². The summed E-state index contributed by atoms with van der Waals surface area (Å²) in [5, 5.41) is 16.9. The molecule has 6 nitrogen and oxygen atoms in total. The van der Waals surface area contributed by atoms with E-state index in [4.69, 9.17) is 4.74 Å². The van der Waals surface area contributed by atoms with E-state index in [1.807, 2.05) is 0 Å². The number of hydrogen-bond acceptors (Lipinski definition) is 6. The summed E-state index contributed by atoms with van der Waals surface area (Å²) in [5.41, 5.74) is -3.66. The Morgan fingerprint density at radius 3 is 2.75 bits per heavy atom. The highest BCUT2D eigenvalue weighted by molar-refractivity contribution is 5.32. The number of fused-ring (bicyclic) bond motifs is 5. The lowest BCUT2D eigenvalue weighted by atomic mass is 9.75. The molecule has 2 aliphatic carbocycles. The van der Waals surface area contributed by atoms with Crippen molar-refractivity contribution in [2.45, 2.75) is 42.4 Å². The molecule has 3 aliphatic rings. The van der Waals surface area contributed by atoms with Crippen LogP contribution in [0.4, 0.5) is 0 Å². The third-order valence-electron chi connectivity index (χ3n) is 4.84. The monoisotopic (exact) mass is 226 g/mol. The van der Waals surface area contributed by atoms with Crippen molar-refractivity contribution in [3.8, 4) is 0 Å². The van der Waals surface area contributed by atoms with E-state index in [2.05, 4.69) is 10.4 Å². The second-order valence-corrected chi connectivity index (χ2v) is 5.28. The van der Waals surface area contributed by atoms with Gasteiger partial charge < -0.3 is 9.84 Å². The number of hydrogen-bond donors (Lipinski definition) is 1. The first-order chi connectivity index (χ1) is 7.64. The van der Waals surface area contributed by atoms with Gasteiger partial charge in [0.1, 0.15) is 0 Å². The lowest BCUT2D eigenvalue weighted by Gasteiger charge is -2.36. The van der Waals surface area contributed by atoms with E-state index < -0.39 is 16.7 Å². The Morgan fingerprint density at radius 2 is 2.06 bits per heavy atom. The average Bonchev–Trinajstić information content (AvgIpc) is 2.74. The van der Waals surface area contributed by atoms with Gasteiger partial charge >= 0.3 is 0 Å². The lowest BCUT2D eigenvalue weighted by molar-refractivity contribution is -0.0442. The molecule has 0 aromatic carbocycles. The Labute approximate surface area is 92.3 Å². The second-order valence-electron chi connectivity index (χ2n) is 5.28. The molecule has 0 aromatic heterocycles. The van der Waals surface area contributed by atoms with Crippen molar-refractivity contribution in [2.75, 3.05) is 13.2 Å². The smallest absolute Gasteiger partial charge is 0.185 e. The van der Waals surface area contributed by atoms with Gasteiger partial charge in [-0.05, 0) is 25.2 Å². The number of nitroso groups, excluding NO2 is 2. The van der Waals surface area contributed by atoms with E-state index in [-0.39, 0.29) is 19.1 Å². The predicted molar refractivity (Wildman–Crippen MR) is 54.8 cm³/mol. The zero-order valence-corrected chi connectivity index (χ0v) is 8.89. The fourth-order valence-electron chi connectivity index (χ4n) is 3.99. The Balaban J connectivity index is 2.21. The summed E-state index contributed by atoms with van der Waals surface area (Å²) in [6, 6.07) is 0. The molecule has 3 fully saturated rings. The van der Waals surface area contributed by atoms with E-state index in [1.165, 1.54) is 0 Å².